The molecule has 2 aliphatic heterocycles. The number of hydrogen-bond donors (Lipinski definition) is 1. The molecular formula is C27H17ClF3N3O4S3. The molecule has 3 amide bonds. The predicted molar refractivity (Wildman–Crippen MR) is 152 cm³/mol. The molecule has 2 aromatic carbocycles. The molecule has 7 nitrogen and oxygen atoms in total. The van der Waals surface area contributed by atoms with Crippen molar-refractivity contribution in [3.8, 4) is 0 Å². The lowest BCUT2D eigenvalue weighted by atomic mass is 9.87. The van der Waals surface area contributed by atoms with Crippen molar-refractivity contribution in [2.75, 3.05) is 10.2 Å². The van der Waals surface area contributed by atoms with Crippen molar-refractivity contribution in [1.82, 2.24) is 4.57 Å². The maximum Gasteiger partial charge on any atom is 0.418 e. The Hall–Kier alpha value is -3.39. The Morgan fingerprint density at radius 1 is 0.976 bits per heavy atom. The van der Waals surface area contributed by atoms with Gasteiger partial charge in [0, 0.05) is 26.4 Å². The van der Waals surface area contributed by atoms with Crippen LogP contribution in [-0.2, 0) is 27.1 Å². The second-order valence-electron chi connectivity index (χ2n) is 9.26. The smallest absolute Gasteiger partial charge is 0.325 e. The molecule has 1 N–H and O–H groups in total. The number of rotatable bonds is 5. The Bertz CT molecular complexity index is 1730. The highest BCUT2D eigenvalue weighted by Crippen LogP contribution is 2.55. The summed E-state index contributed by atoms with van der Waals surface area (Å²) >= 11 is 9.01. The average molecular weight is 636 g/mol. The van der Waals surface area contributed by atoms with Crippen LogP contribution in [0.4, 0.5) is 24.5 Å². The van der Waals surface area contributed by atoms with E-state index >= 15 is 0 Å². The molecule has 0 aliphatic carbocycles. The number of fused-ring (bicyclic) bond motifs is 2. The third-order valence-corrected chi connectivity index (χ3v) is 10.6. The lowest BCUT2D eigenvalue weighted by Crippen LogP contribution is -2.33. The molecule has 4 heterocycles. The van der Waals surface area contributed by atoms with Gasteiger partial charge in [-0.15, -0.1) is 11.3 Å². The maximum absolute atomic E-state index is 13.9. The number of anilines is 2. The molecule has 41 heavy (non-hydrogen) atoms. The fourth-order valence-corrected chi connectivity index (χ4v) is 8.90. The minimum atomic E-state index is -4.79. The summed E-state index contributed by atoms with van der Waals surface area (Å²) in [6.45, 7) is -0.363. The number of para-hydroxylation sites is 1. The largest absolute Gasteiger partial charge is 0.418 e. The number of thiophene rings is 1. The van der Waals surface area contributed by atoms with Gasteiger partial charge in [-0.3, -0.25) is 23.7 Å². The summed E-state index contributed by atoms with van der Waals surface area (Å²) in [6, 6.07) is 14.4. The number of thioether (sulfide) groups is 1. The number of nitrogens with zero attached hydrogens (tertiary/aromatic N) is 2. The summed E-state index contributed by atoms with van der Waals surface area (Å²) in [5.41, 5.74) is -1.15. The lowest BCUT2D eigenvalue weighted by molar-refractivity contribution is -0.137. The fourth-order valence-electron chi connectivity index (χ4n) is 5.05. The SMILES string of the molecule is O=C(Cn1c2c(sc1=O)[C@@H](c1cccs1)[C@@H]1C(=O)N(c3ccccc3C(F)(F)F)C(=O)[C@@H]1S2)Nc1ccc(Cl)cc1. The number of thiazole rings is 1. The van der Waals surface area contributed by atoms with Crippen LogP contribution in [0.1, 0.15) is 21.2 Å². The van der Waals surface area contributed by atoms with Crippen LogP contribution in [0, 0.1) is 5.92 Å². The monoisotopic (exact) mass is 635 g/mol. The molecular weight excluding hydrogens is 619 g/mol. The lowest BCUT2D eigenvalue weighted by Gasteiger charge is -2.29. The zero-order valence-electron chi connectivity index (χ0n) is 20.6. The van der Waals surface area contributed by atoms with Crippen molar-refractivity contribution < 1.29 is 27.6 Å². The molecule has 14 heteroatoms. The van der Waals surface area contributed by atoms with E-state index in [0.717, 1.165) is 35.2 Å². The zero-order chi connectivity index (χ0) is 29.1. The molecule has 0 spiro atoms. The van der Waals surface area contributed by atoms with E-state index in [1.54, 1.807) is 41.8 Å². The van der Waals surface area contributed by atoms with Gasteiger partial charge in [-0.1, -0.05) is 52.9 Å². The summed E-state index contributed by atoms with van der Waals surface area (Å²) in [4.78, 5) is 54.9. The van der Waals surface area contributed by atoms with E-state index in [1.807, 2.05) is 0 Å². The Kier molecular flexibility index (Phi) is 7.09. The Balaban J connectivity index is 1.40. The van der Waals surface area contributed by atoms with Crippen molar-refractivity contribution in [3.63, 3.8) is 0 Å². The number of nitrogens with one attached hydrogen (secondary N) is 1. The van der Waals surface area contributed by atoms with Crippen molar-refractivity contribution in [2.24, 2.45) is 5.92 Å². The number of benzene rings is 2. The van der Waals surface area contributed by atoms with Gasteiger partial charge in [-0.2, -0.15) is 13.2 Å². The van der Waals surface area contributed by atoms with Gasteiger partial charge in [-0.25, -0.2) is 4.90 Å². The Morgan fingerprint density at radius 2 is 1.71 bits per heavy atom. The number of alkyl halides is 3. The standard InChI is InChI=1S/C27H17ClF3N3O4S3/c28-13-7-9-14(10-8-13)32-18(35)12-33-25-22(41-26(33)38)19(17-6-3-11-39-17)20-21(40-25)24(37)34(23(20)36)16-5-2-1-4-15(16)27(29,30)31/h1-11,19-21H,12H2,(H,32,35)/t19-,20-,21+/m0/s1. The number of imide groups is 1. The van der Waals surface area contributed by atoms with Gasteiger partial charge >= 0.3 is 11.0 Å². The van der Waals surface area contributed by atoms with E-state index in [2.05, 4.69) is 5.32 Å². The quantitative estimate of drug-likeness (QED) is 0.269. The van der Waals surface area contributed by atoms with E-state index in [9.17, 15) is 32.3 Å². The number of hydrogen-bond acceptors (Lipinski definition) is 7. The van der Waals surface area contributed by atoms with Crippen LogP contribution < -0.4 is 15.1 Å². The first-order chi connectivity index (χ1) is 19.5. The van der Waals surface area contributed by atoms with Gasteiger partial charge in [0.25, 0.3) is 0 Å². The van der Waals surface area contributed by atoms with E-state index in [-0.39, 0.29) is 6.54 Å². The molecule has 210 valence electrons. The number of carbonyl (C=O) groups is 3. The van der Waals surface area contributed by atoms with Crippen LogP contribution in [0.2, 0.25) is 5.02 Å². The maximum atomic E-state index is 13.9. The van der Waals surface area contributed by atoms with E-state index in [0.29, 0.717) is 30.4 Å². The van der Waals surface area contributed by atoms with Gasteiger partial charge in [0.2, 0.25) is 17.7 Å². The van der Waals surface area contributed by atoms with Crippen molar-refractivity contribution in [1.29, 1.82) is 0 Å². The summed E-state index contributed by atoms with van der Waals surface area (Å²) in [7, 11) is 0. The normalized spacial score (nSPS) is 20.2. The van der Waals surface area contributed by atoms with Crippen LogP contribution in [0.15, 0.2) is 75.9 Å². The first kappa shape index (κ1) is 27.8. The molecule has 3 atom stereocenters. The molecule has 2 aliphatic rings. The predicted octanol–water partition coefficient (Wildman–Crippen LogP) is 6.08. The third kappa shape index (κ3) is 4.90. The highest BCUT2D eigenvalue weighted by atomic mass is 35.5. The molecule has 6 rings (SSSR count). The van der Waals surface area contributed by atoms with Gasteiger partial charge in [-0.05, 0) is 47.8 Å². The van der Waals surface area contributed by atoms with Crippen LogP contribution in [0.3, 0.4) is 0 Å². The summed E-state index contributed by atoms with van der Waals surface area (Å²) < 4.78 is 42.8. The van der Waals surface area contributed by atoms with E-state index in [4.69, 9.17) is 11.6 Å². The number of aromatic nitrogens is 1. The van der Waals surface area contributed by atoms with Crippen molar-refractivity contribution >= 4 is 75.1 Å². The first-order valence-electron chi connectivity index (χ1n) is 12.1. The van der Waals surface area contributed by atoms with Gasteiger partial charge in [0.15, 0.2) is 0 Å². The van der Waals surface area contributed by atoms with Crippen molar-refractivity contribution in [2.45, 2.75) is 28.9 Å². The number of carbonyl (C=O) groups excluding carboxylic acids is 3. The second-order valence-corrected chi connectivity index (χ2v) is 12.8. The number of halogens is 4. The summed E-state index contributed by atoms with van der Waals surface area (Å²) in [5, 5.41) is 4.21. The minimum absolute atomic E-state index is 0.345. The van der Waals surface area contributed by atoms with Crippen molar-refractivity contribution in [3.05, 3.63) is 96.1 Å². The topological polar surface area (TPSA) is 88.5 Å². The second kappa shape index (κ2) is 10.5. The fraction of sp³-hybridized carbons (Fsp3) is 0.185. The molecule has 0 unspecified atom stereocenters. The zero-order valence-corrected chi connectivity index (χ0v) is 23.8. The van der Waals surface area contributed by atoms with Gasteiger partial charge < -0.3 is 5.32 Å². The summed E-state index contributed by atoms with van der Waals surface area (Å²) in [5.74, 6) is -3.84. The van der Waals surface area contributed by atoms with Crippen LogP contribution in [0.5, 0.6) is 0 Å². The minimum Gasteiger partial charge on any atom is -0.325 e. The average Bonchev–Trinajstić information content (AvgIpc) is 3.62. The van der Waals surface area contributed by atoms with Crippen LogP contribution in [0.25, 0.3) is 0 Å². The molecule has 0 bridgehead atoms. The van der Waals surface area contributed by atoms with Crippen LogP contribution >= 0.6 is 46.0 Å². The Labute approximate surface area is 247 Å². The Morgan fingerprint density at radius 3 is 2.39 bits per heavy atom. The number of amides is 3. The molecule has 1 saturated heterocycles. The van der Waals surface area contributed by atoms with Crippen LogP contribution in [-0.4, -0.2) is 27.5 Å². The molecule has 2 aromatic heterocycles. The highest BCUT2D eigenvalue weighted by Gasteiger charge is 2.58. The molecule has 4 aromatic rings. The molecule has 0 saturated carbocycles. The van der Waals surface area contributed by atoms with E-state index < -0.39 is 57.1 Å². The highest BCUT2D eigenvalue weighted by molar-refractivity contribution is 8.00. The van der Waals surface area contributed by atoms with Gasteiger partial charge in [0.05, 0.1) is 22.2 Å². The molecule has 0 radical (unpaired) electrons. The summed E-state index contributed by atoms with van der Waals surface area (Å²) in [6.07, 6.45) is -4.79. The van der Waals surface area contributed by atoms with Gasteiger partial charge in [0.1, 0.15) is 11.8 Å². The van der Waals surface area contributed by atoms with E-state index in [1.165, 1.54) is 28.0 Å². The first-order valence-corrected chi connectivity index (χ1v) is 15.0. The molecule has 1 fully saturated rings. The third-order valence-electron chi connectivity index (χ3n) is 6.78.